The van der Waals surface area contributed by atoms with Crippen LogP contribution in [-0.2, 0) is 14.3 Å². The monoisotopic (exact) mass is 156 g/mol. The summed E-state index contributed by atoms with van der Waals surface area (Å²) in [6.07, 6.45) is 1.83. The number of carbonyl (C=O) groups excluding carboxylic acids is 2. The lowest BCUT2D eigenvalue weighted by atomic mass is 10.1. The van der Waals surface area contributed by atoms with Crippen LogP contribution in [0.4, 0.5) is 0 Å². The van der Waals surface area contributed by atoms with Crippen LogP contribution in [0.1, 0.15) is 20.3 Å². The molecule has 0 fully saturated rings. The van der Waals surface area contributed by atoms with Crippen LogP contribution < -0.4 is 0 Å². The first kappa shape index (κ1) is 9.88. The lowest BCUT2D eigenvalue weighted by Crippen LogP contribution is -2.25. The van der Waals surface area contributed by atoms with Crippen molar-refractivity contribution in [2.24, 2.45) is 0 Å². The topological polar surface area (TPSA) is 43.4 Å². The molecule has 0 radical (unpaired) electrons. The van der Waals surface area contributed by atoms with Crippen LogP contribution in [0.3, 0.4) is 0 Å². The van der Waals surface area contributed by atoms with E-state index in [1.165, 1.54) is 6.08 Å². The van der Waals surface area contributed by atoms with Crippen LogP contribution in [0.15, 0.2) is 12.7 Å². The molecular weight excluding hydrogens is 144 g/mol. The molecule has 0 spiro atoms. The first-order valence-corrected chi connectivity index (χ1v) is 3.31. The molecule has 3 heteroatoms. The standard InChI is InChI=1S/C8H12O3/c1-4-8(2,3)11-7(10)5-6-9/h4,6H,1,5H2,2-3H3. The molecule has 0 aromatic rings. The Kier molecular flexibility index (Phi) is 3.51. The third kappa shape index (κ3) is 4.31. The van der Waals surface area contributed by atoms with Crippen molar-refractivity contribution in [1.82, 2.24) is 0 Å². The maximum atomic E-state index is 10.7. The number of esters is 1. The molecule has 0 aliphatic heterocycles. The summed E-state index contributed by atoms with van der Waals surface area (Å²) in [5.41, 5.74) is -0.680. The Bertz CT molecular complexity index is 170. The molecule has 0 heterocycles. The average molecular weight is 156 g/mol. The van der Waals surface area contributed by atoms with Gasteiger partial charge in [-0.3, -0.25) is 4.79 Å². The van der Waals surface area contributed by atoms with Crippen molar-refractivity contribution >= 4 is 12.3 Å². The molecule has 62 valence electrons. The van der Waals surface area contributed by atoms with Crippen molar-refractivity contribution in [3.8, 4) is 0 Å². The lowest BCUT2D eigenvalue weighted by molar-refractivity contribution is -0.152. The second-order valence-electron chi connectivity index (χ2n) is 2.65. The molecule has 0 N–H and O–H groups in total. The van der Waals surface area contributed by atoms with E-state index >= 15 is 0 Å². The number of hydrogen-bond acceptors (Lipinski definition) is 3. The number of rotatable bonds is 4. The van der Waals surface area contributed by atoms with Gasteiger partial charge in [0.15, 0.2) is 0 Å². The van der Waals surface area contributed by atoms with E-state index in [1.54, 1.807) is 13.8 Å². The minimum Gasteiger partial charge on any atom is -0.455 e. The predicted octanol–water partition coefficient (Wildman–Crippen LogP) is 1.08. The highest BCUT2D eigenvalue weighted by Crippen LogP contribution is 2.10. The van der Waals surface area contributed by atoms with Crippen molar-refractivity contribution in [3.63, 3.8) is 0 Å². The molecule has 0 saturated heterocycles. The zero-order chi connectivity index (χ0) is 8.91. The van der Waals surface area contributed by atoms with Crippen LogP contribution in [0, 0.1) is 0 Å². The molecule has 0 aliphatic rings. The number of ether oxygens (including phenoxy) is 1. The second kappa shape index (κ2) is 3.91. The molecule has 0 amide bonds. The maximum Gasteiger partial charge on any atom is 0.313 e. The predicted molar refractivity (Wildman–Crippen MR) is 41.0 cm³/mol. The summed E-state index contributed by atoms with van der Waals surface area (Å²) in [6.45, 7) is 6.87. The van der Waals surface area contributed by atoms with Crippen LogP contribution in [0.2, 0.25) is 0 Å². The van der Waals surface area contributed by atoms with Gasteiger partial charge in [0.2, 0.25) is 0 Å². The van der Waals surface area contributed by atoms with E-state index < -0.39 is 11.6 Å². The van der Waals surface area contributed by atoms with Gasteiger partial charge >= 0.3 is 5.97 Å². The van der Waals surface area contributed by atoms with Crippen LogP contribution in [0.25, 0.3) is 0 Å². The zero-order valence-corrected chi connectivity index (χ0v) is 6.79. The van der Waals surface area contributed by atoms with Crippen molar-refractivity contribution < 1.29 is 14.3 Å². The Labute approximate surface area is 66.0 Å². The van der Waals surface area contributed by atoms with Crippen molar-refractivity contribution in [2.75, 3.05) is 0 Å². The van der Waals surface area contributed by atoms with Gasteiger partial charge in [-0.05, 0) is 19.9 Å². The van der Waals surface area contributed by atoms with Crippen LogP contribution in [-0.4, -0.2) is 17.9 Å². The van der Waals surface area contributed by atoms with E-state index in [-0.39, 0.29) is 6.42 Å². The van der Waals surface area contributed by atoms with Crippen LogP contribution in [0.5, 0.6) is 0 Å². The first-order valence-electron chi connectivity index (χ1n) is 3.31. The quantitative estimate of drug-likeness (QED) is 0.265. The SMILES string of the molecule is C=CC(C)(C)OC(=O)CC=O. The number of aldehydes is 1. The van der Waals surface area contributed by atoms with Gasteiger partial charge in [0.25, 0.3) is 0 Å². The fourth-order valence-electron chi connectivity index (χ4n) is 0.445. The third-order valence-electron chi connectivity index (χ3n) is 1.12. The van der Waals surface area contributed by atoms with Crippen molar-refractivity contribution in [1.29, 1.82) is 0 Å². The Morgan fingerprint density at radius 1 is 1.64 bits per heavy atom. The molecule has 0 aliphatic carbocycles. The van der Waals surface area contributed by atoms with E-state index in [0.29, 0.717) is 6.29 Å². The van der Waals surface area contributed by atoms with E-state index in [4.69, 9.17) is 4.74 Å². The number of carbonyl (C=O) groups is 2. The molecule has 0 saturated carbocycles. The molecule has 0 rings (SSSR count). The third-order valence-corrected chi connectivity index (χ3v) is 1.12. The average Bonchev–Trinajstić information content (AvgIpc) is 1.87. The fourth-order valence-corrected chi connectivity index (χ4v) is 0.445. The van der Waals surface area contributed by atoms with Gasteiger partial charge in [-0.1, -0.05) is 6.58 Å². The van der Waals surface area contributed by atoms with Gasteiger partial charge in [0.1, 0.15) is 18.3 Å². The summed E-state index contributed by atoms with van der Waals surface area (Å²) in [7, 11) is 0. The smallest absolute Gasteiger partial charge is 0.313 e. The molecule has 0 aromatic carbocycles. The Hall–Kier alpha value is -1.12. The molecule has 0 aromatic heterocycles. The van der Waals surface area contributed by atoms with E-state index in [0.717, 1.165) is 0 Å². The lowest BCUT2D eigenvalue weighted by Gasteiger charge is -2.19. The highest BCUT2D eigenvalue weighted by molar-refractivity contribution is 5.84. The van der Waals surface area contributed by atoms with Crippen molar-refractivity contribution in [3.05, 3.63) is 12.7 Å². The van der Waals surface area contributed by atoms with Gasteiger partial charge < -0.3 is 9.53 Å². The van der Waals surface area contributed by atoms with Crippen LogP contribution >= 0.6 is 0 Å². The highest BCUT2D eigenvalue weighted by atomic mass is 16.6. The molecule has 3 nitrogen and oxygen atoms in total. The van der Waals surface area contributed by atoms with Gasteiger partial charge in [0.05, 0.1) is 0 Å². The largest absolute Gasteiger partial charge is 0.455 e. The fraction of sp³-hybridized carbons (Fsp3) is 0.500. The minimum absolute atomic E-state index is 0.197. The Morgan fingerprint density at radius 2 is 2.18 bits per heavy atom. The van der Waals surface area contributed by atoms with E-state index in [1.807, 2.05) is 0 Å². The molecule has 11 heavy (non-hydrogen) atoms. The van der Waals surface area contributed by atoms with Crippen molar-refractivity contribution in [2.45, 2.75) is 25.9 Å². The van der Waals surface area contributed by atoms with Gasteiger partial charge in [-0.25, -0.2) is 0 Å². The summed E-state index contributed by atoms with van der Waals surface area (Å²) in [5.74, 6) is -0.523. The van der Waals surface area contributed by atoms with Gasteiger partial charge in [-0.2, -0.15) is 0 Å². The summed E-state index contributed by atoms with van der Waals surface area (Å²) >= 11 is 0. The molecule has 0 unspecified atom stereocenters. The summed E-state index contributed by atoms with van der Waals surface area (Å²) in [5, 5.41) is 0. The summed E-state index contributed by atoms with van der Waals surface area (Å²) in [6, 6.07) is 0. The summed E-state index contributed by atoms with van der Waals surface area (Å²) in [4.78, 5) is 20.6. The van der Waals surface area contributed by atoms with E-state index in [2.05, 4.69) is 6.58 Å². The minimum atomic E-state index is -0.680. The number of hydrogen-bond donors (Lipinski definition) is 0. The maximum absolute atomic E-state index is 10.7. The summed E-state index contributed by atoms with van der Waals surface area (Å²) < 4.78 is 4.84. The van der Waals surface area contributed by atoms with Gasteiger partial charge in [-0.15, -0.1) is 0 Å². The first-order chi connectivity index (χ1) is 5.02. The van der Waals surface area contributed by atoms with E-state index in [9.17, 15) is 9.59 Å². The Morgan fingerprint density at radius 3 is 2.55 bits per heavy atom. The molecular formula is C8H12O3. The Balaban J connectivity index is 3.92. The molecule has 0 atom stereocenters. The zero-order valence-electron chi connectivity index (χ0n) is 6.79. The second-order valence-corrected chi connectivity index (χ2v) is 2.65. The molecule has 0 bridgehead atoms. The highest BCUT2D eigenvalue weighted by Gasteiger charge is 2.17. The van der Waals surface area contributed by atoms with Gasteiger partial charge in [0, 0.05) is 0 Å². The normalized spacial score (nSPS) is 10.4.